The third-order valence-corrected chi connectivity index (χ3v) is 6.21. The zero-order valence-electron chi connectivity index (χ0n) is 18.2. The average molecular weight is 447 g/mol. The number of furan rings is 1. The molecule has 2 aliphatic heterocycles. The summed E-state index contributed by atoms with van der Waals surface area (Å²) in [5, 5.41) is 3.14. The van der Waals surface area contributed by atoms with Crippen molar-refractivity contribution in [2.45, 2.75) is 25.0 Å². The molecule has 7 heteroatoms. The lowest BCUT2D eigenvalue weighted by Gasteiger charge is -2.35. The number of nitrogens with one attached hydrogen (secondary N) is 1. The third-order valence-electron chi connectivity index (χ3n) is 6.21. The fraction of sp³-hybridized carbons (Fsp3) is 0.308. The summed E-state index contributed by atoms with van der Waals surface area (Å²) < 4.78 is 17.1. The molecule has 5 rings (SSSR count). The molecule has 1 saturated heterocycles. The largest absolute Gasteiger partial charge is 0.485 e. The zero-order valence-corrected chi connectivity index (χ0v) is 18.2. The Labute approximate surface area is 192 Å². The van der Waals surface area contributed by atoms with Crippen LogP contribution in [0, 0.1) is 5.92 Å². The van der Waals surface area contributed by atoms with Gasteiger partial charge < -0.3 is 24.1 Å². The van der Waals surface area contributed by atoms with Crippen LogP contribution in [-0.4, -0.2) is 42.5 Å². The van der Waals surface area contributed by atoms with Gasteiger partial charge in [-0.15, -0.1) is 0 Å². The Kier molecular flexibility index (Phi) is 6.02. The number of carbonyl (C=O) groups is 2. The molecule has 2 aromatic carbocycles. The highest BCUT2D eigenvalue weighted by atomic mass is 16.6. The topological polar surface area (TPSA) is 81.0 Å². The second kappa shape index (κ2) is 9.40. The van der Waals surface area contributed by atoms with E-state index in [-0.39, 0.29) is 30.4 Å². The summed E-state index contributed by atoms with van der Waals surface area (Å²) in [7, 11) is 0. The molecule has 7 nitrogen and oxygen atoms in total. The van der Waals surface area contributed by atoms with Crippen LogP contribution in [-0.2, 0) is 9.59 Å². The molecule has 170 valence electrons. The van der Waals surface area contributed by atoms with Crippen LogP contribution < -0.4 is 14.8 Å². The molecule has 0 spiro atoms. The lowest BCUT2D eigenvalue weighted by molar-refractivity contribution is -0.144. The molecule has 1 N–H and O–H groups in total. The van der Waals surface area contributed by atoms with Crippen molar-refractivity contribution in [3.05, 3.63) is 84.3 Å². The van der Waals surface area contributed by atoms with Crippen molar-refractivity contribution in [3.63, 3.8) is 0 Å². The molecule has 0 radical (unpaired) electrons. The van der Waals surface area contributed by atoms with Crippen LogP contribution >= 0.6 is 0 Å². The highest BCUT2D eigenvalue weighted by Gasteiger charge is 2.35. The van der Waals surface area contributed by atoms with Gasteiger partial charge in [0.25, 0.3) is 5.91 Å². The molecule has 33 heavy (non-hydrogen) atoms. The summed E-state index contributed by atoms with van der Waals surface area (Å²) in [4.78, 5) is 27.8. The van der Waals surface area contributed by atoms with Gasteiger partial charge in [0.15, 0.2) is 11.5 Å². The Morgan fingerprint density at radius 1 is 0.909 bits per heavy atom. The van der Waals surface area contributed by atoms with E-state index in [0.29, 0.717) is 43.2 Å². The standard InChI is InChI=1S/C26H26N2O5/c29-25(27-24(22-11-6-16-31-22)18-7-2-1-3-8-18)19-12-14-28(15-13-19)26(30)23-17-32-20-9-4-5-10-21(20)33-23/h1-11,16,19,23-24H,12-15,17H2,(H,27,29). The number of para-hydroxylation sites is 2. The molecule has 0 bridgehead atoms. The molecule has 3 heterocycles. The smallest absolute Gasteiger partial charge is 0.267 e. The maximum Gasteiger partial charge on any atom is 0.267 e. The molecular weight excluding hydrogens is 420 g/mol. The number of likely N-dealkylation sites (tertiary alicyclic amines) is 1. The minimum Gasteiger partial charge on any atom is -0.485 e. The van der Waals surface area contributed by atoms with Crippen LogP contribution in [0.2, 0.25) is 0 Å². The number of carbonyl (C=O) groups excluding carboxylic acids is 2. The van der Waals surface area contributed by atoms with Crippen molar-refractivity contribution in [3.8, 4) is 11.5 Å². The van der Waals surface area contributed by atoms with Crippen LogP contribution in [0.3, 0.4) is 0 Å². The highest BCUT2D eigenvalue weighted by molar-refractivity contribution is 5.83. The van der Waals surface area contributed by atoms with E-state index in [9.17, 15) is 9.59 Å². The van der Waals surface area contributed by atoms with Crippen LogP contribution in [0.4, 0.5) is 0 Å². The summed E-state index contributed by atoms with van der Waals surface area (Å²) in [6.45, 7) is 1.21. The molecule has 0 aliphatic carbocycles. The van der Waals surface area contributed by atoms with E-state index in [0.717, 1.165) is 5.56 Å². The molecule has 2 aliphatic rings. The van der Waals surface area contributed by atoms with Crippen molar-refractivity contribution < 1.29 is 23.5 Å². The highest BCUT2D eigenvalue weighted by Crippen LogP contribution is 2.32. The van der Waals surface area contributed by atoms with E-state index in [1.807, 2.05) is 60.7 Å². The second-order valence-electron chi connectivity index (χ2n) is 8.33. The SMILES string of the molecule is O=C(NC(c1ccccc1)c1ccco1)C1CCN(C(=O)C2COc3ccccc3O2)CC1. The molecule has 2 unspecified atom stereocenters. The van der Waals surface area contributed by atoms with Crippen LogP contribution in [0.25, 0.3) is 0 Å². The lowest BCUT2D eigenvalue weighted by atomic mass is 9.94. The number of fused-ring (bicyclic) bond motifs is 1. The Bertz CT molecular complexity index is 1090. The van der Waals surface area contributed by atoms with Gasteiger partial charge in [-0.25, -0.2) is 0 Å². The minimum absolute atomic E-state index is 0.0291. The van der Waals surface area contributed by atoms with Gasteiger partial charge in [0, 0.05) is 19.0 Å². The summed E-state index contributed by atoms with van der Waals surface area (Å²) in [6, 6.07) is 20.4. The predicted octanol–water partition coefficient (Wildman–Crippen LogP) is 3.56. The van der Waals surface area contributed by atoms with Gasteiger partial charge in [-0.05, 0) is 42.7 Å². The molecule has 1 aromatic heterocycles. The van der Waals surface area contributed by atoms with E-state index >= 15 is 0 Å². The minimum atomic E-state index is -0.660. The summed E-state index contributed by atoms with van der Waals surface area (Å²) >= 11 is 0. The number of amides is 2. The number of benzene rings is 2. The Balaban J connectivity index is 1.18. The van der Waals surface area contributed by atoms with Crippen molar-refractivity contribution in [2.24, 2.45) is 5.92 Å². The monoisotopic (exact) mass is 446 g/mol. The van der Waals surface area contributed by atoms with E-state index in [1.54, 1.807) is 17.2 Å². The van der Waals surface area contributed by atoms with Gasteiger partial charge in [-0.3, -0.25) is 9.59 Å². The van der Waals surface area contributed by atoms with Crippen molar-refractivity contribution in [1.29, 1.82) is 0 Å². The number of hydrogen-bond acceptors (Lipinski definition) is 5. The summed E-state index contributed by atoms with van der Waals surface area (Å²) in [5.74, 6) is 1.64. The maximum atomic E-state index is 13.1. The second-order valence-corrected chi connectivity index (χ2v) is 8.33. The van der Waals surface area contributed by atoms with Gasteiger partial charge >= 0.3 is 0 Å². The van der Waals surface area contributed by atoms with Crippen LogP contribution in [0.15, 0.2) is 77.4 Å². The third kappa shape index (κ3) is 4.58. The normalized spacial score (nSPS) is 19.0. The molecule has 1 fully saturated rings. The first-order valence-corrected chi connectivity index (χ1v) is 11.2. The van der Waals surface area contributed by atoms with Crippen LogP contribution in [0.5, 0.6) is 11.5 Å². The van der Waals surface area contributed by atoms with Crippen molar-refractivity contribution in [2.75, 3.05) is 19.7 Å². The van der Waals surface area contributed by atoms with Gasteiger partial charge in [-0.2, -0.15) is 0 Å². The first-order chi connectivity index (χ1) is 16.2. The zero-order chi connectivity index (χ0) is 22.6. The number of nitrogens with zero attached hydrogens (tertiary/aromatic N) is 1. The average Bonchev–Trinajstić information content (AvgIpc) is 3.42. The van der Waals surface area contributed by atoms with Gasteiger partial charge in [0.1, 0.15) is 18.4 Å². The fourth-order valence-corrected chi connectivity index (χ4v) is 4.39. The maximum absolute atomic E-state index is 13.1. The van der Waals surface area contributed by atoms with E-state index < -0.39 is 6.10 Å². The fourth-order valence-electron chi connectivity index (χ4n) is 4.39. The molecule has 2 atom stereocenters. The quantitative estimate of drug-likeness (QED) is 0.648. The van der Waals surface area contributed by atoms with E-state index in [4.69, 9.17) is 13.9 Å². The number of ether oxygens (including phenoxy) is 2. The van der Waals surface area contributed by atoms with Gasteiger partial charge in [0.2, 0.25) is 12.0 Å². The lowest BCUT2D eigenvalue weighted by Crippen LogP contribution is -2.50. The first-order valence-electron chi connectivity index (χ1n) is 11.2. The van der Waals surface area contributed by atoms with Crippen molar-refractivity contribution in [1.82, 2.24) is 10.2 Å². The Hall–Kier alpha value is -3.74. The van der Waals surface area contributed by atoms with E-state index in [2.05, 4.69) is 5.32 Å². The van der Waals surface area contributed by atoms with Gasteiger partial charge in [-0.1, -0.05) is 42.5 Å². The Morgan fingerprint density at radius 3 is 2.36 bits per heavy atom. The first kappa shape index (κ1) is 21.1. The predicted molar refractivity (Wildman–Crippen MR) is 121 cm³/mol. The van der Waals surface area contributed by atoms with Gasteiger partial charge in [0.05, 0.1) is 6.26 Å². The Morgan fingerprint density at radius 2 is 1.64 bits per heavy atom. The summed E-state index contributed by atoms with van der Waals surface area (Å²) in [6.07, 6.45) is 2.14. The number of hydrogen-bond donors (Lipinski definition) is 1. The molecule has 3 aromatic rings. The number of rotatable bonds is 5. The molecule has 0 saturated carbocycles. The summed E-state index contributed by atoms with van der Waals surface area (Å²) in [5.41, 5.74) is 0.961. The molecular formula is C26H26N2O5. The van der Waals surface area contributed by atoms with E-state index in [1.165, 1.54) is 0 Å². The molecule has 2 amide bonds. The van der Waals surface area contributed by atoms with Crippen LogP contribution in [0.1, 0.15) is 30.2 Å². The van der Waals surface area contributed by atoms with Crippen molar-refractivity contribution >= 4 is 11.8 Å². The number of piperidine rings is 1.